The van der Waals surface area contributed by atoms with Crippen molar-refractivity contribution >= 4 is 23.1 Å². The van der Waals surface area contributed by atoms with Crippen molar-refractivity contribution < 1.29 is 4.79 Å². The van der Waals surface area contributed by atoms with Crippen molar-refractivity contribution in [3.63, 3.8) is 0 Å². The monoisotopic (exact) mass is 289 g/mol. The lowest BCUT2D eigenvalue weighted by atomic mass is 10.2. The molecule has 2 heterocycles. The highest BCUT2D eigenvalue weighted by molar-refractivity contribution is 7.10. The first kappa shape index (κ1) is 14.5. The largest absolute Gasteiger partial charge is 0.370 e. The van der Waals surface area contributed by atoms with E-state index in [2.05, 4.69) is 28.6 Å². The first-order valence-corrected chi connectivity index (χ1v) is 7.52. The molecular formula is C15H19N3OS. The fourth-order valence-electron chi connectivity index (χ4n) is 1.92. The van der Waals surface area contributed by atoms with Gasteiger partial charge in [0.05, 0.1) is 6.54 Å². The number of pyridine rings is 1. The third-order valence-electron chi connectivity index (χ3n) is 2.95. The molecule has 0 unspecified atom stereocenters. The van der Waals surface area contributed by atoms with Crippen LogP contribution >= 0.6 is 11.3 Å². The number of anilines is 1. The van der Waals surface area contributed by atoms with Gasteiger partial charge >= 0.3 is 0 Å². The number of hydrogen-bond acceptors (Lipinski definition) is 4. The van der Waals surface area contributed by atoms with Gasteiger partial charge in [-0.1, -0.05) is 0 Å². The minimum absolute atomic E-state index is 0.0672. The molecule has 4 nitrogen and oxygen atoms in total. The number of aromatic nitrogens is 1. The second-order valence-electron chi connectivity index (χ2n) is 4.62. The highest BCUT2D eigenvalue weighted by Gasteiger charge is 2.09. The van der Waals surface area contributed by atoms with Gasteiger partial charge in [0, 0.05) is 22.7 Å². The number of thiophene rings is 1. The van der Waals surface area contributed by atoms with Gasteiger partial charge in [-0.3, -0.25) is 4.79 Å². The Bertz CT molecular complexity index is 607. The zero-order chi connectivity index (χ0) is 14.5. The lowest BCUT2D eigenvalue weighted by Gasteiger charge is -2.08. The van der Waals surface area contributed by atoms with Crippen LogP contribution in [0.1, 0.15) is 33.4 Å². The van der Waals surface area contributed by atoms with E-state index in [4.69, 9.17) is 0 Å². The van der Waals surface area contributed by atoms with Crippen LogP contribution in [0, 0.1) is 13.8 Å². The summed E-state index contributed by atoms with van der Waals surface area (Å²) in [5, 5.41) is 8.13. The molecule has 0 fully saturated rings. The fraction of sp³-hybridized carbons (Fsp3) is 0.333. The van der Waals surface area contributed by atoms with Crippen molar-refractivity contribution in [1.82, 2.24) is 10.3 Å². The molecule has 0 radical (unpaired) electrons. The fourth-order valence-corrected chi connectivity index (χ4v) is 2.77. The van der Waals surface area contributed by atoms with E-state index in [0.29, 0.717) is 12.1 Å². The number of carbonyl (C=O) groups is 1. The van der Waals surface area contributed by atoms with Gasteiger partial charge in [-0.25, -0.2) is 4.98 Å². The van der Waals surface area contributed by atoms with Gasteiger partial charge in [0.1, 0.15) is 5.82 Å². The van der Waals surface area contributed by atoms with E-state index in [1.807, 2.05) is 19.2 Å². The Morgan fingerprint density at radius 3 is 2.80 bits per heavy atom. The second-order valence-corrected chi connectivity index (χ2v) is 5.62. The van der Waals surface area contributed by atoms with E-state index in [9.17, 15) is 4.79 Å². The third kappa shape index (κ3) is 3.57. The molecule has 0 aliphatic carbocycles. The van der Waals surface area contributed by atoms with Gasteiger partial charge in [0.25, 0.3) is 5.91 Å². The van der Waals surface area contributed by atoms with Gasteiger partial charge in [-0.15, -0.1) is 11.3 Å². The summed E-state index contributed by atoms with van der Waals surface area (Å²) < 4.78 is 0. The quantitative estimate of drug-likeness (QED) is 0.889. The number of hydrogen-bond donors (Lipinski definition) is 2. The van der Waals surface area contributed by atoms with Crippen molar-refractivity contribution in [3.05, 3.63) is 45.3 Å². The Kier molecular flexibility index (Phi) is 4.74. The molecule has 20 heavy (non-hydrogen) atoms. The average molecular weight is 289 g/mol. The van der Waals surface area contributed by atoms with E-state index < -0.39 is 0 Å². The summed E-state index contributed by atoms with van der Waals surface area (Å²) in [5.41, 5.74) is 2.69. The molecule has 0 aliphatic rings. The summed E-state index contributed by atoms with van der Waals surface area (Å²) in [6.07, 6.45) is 0. The topological polar surface area (TPSA) is 54.0 Å². The summed E-state index contributed by atoms with van der Waals surface area (Å²) in [5.74, 6) is 0.674. The van der Waals surface area contributed by atoms with E-state index in [1.165, 1.54) is 10.4 Å². The average Bonchev–Trinajstić information content (AvgIpc) is 2.81. The number of aryl methyl sites for hydroxylation is 2. The lowest BCUT2D eigenvalue weighted by molar-refractivity contribution is 0.0951. The van der Waals surface area contributed by atoms with Crippen LogP contribution in [0.2, 0.25) is 0 Å². The number of nitrogens with one attached hydrogen (secondary N) is 2. The van der Waals surface area contributed by atoms with Crippen LogP contribution < -0.4 is 10.6 Å². The van der Waals surface area contributed by atoms with Gasteiger partial charge in [-0.2, -0.15) is 0 Å². The minimum atomic E-state index is -0.0672. The van der Waals surface area contributed by atoms with E-state index in [1.54, 1.807) is 23.5 Å². The van der Waals surface area contributed by atoms with Crippen LogP contribution in [0.3, 0.4) is 0 Å². The van der Waals surface area contributed by atoms with Crippen molar-refractivity contribution in [2.24, 2.45) is 0 Å². The minimum Gasteiger partial charge on any atom is -0.370 e. The molecule has 0 saturated carbocycles. The molecule has 2 rings (SSSR count). The van der Waals surface area contributed by atoms with Crippen LogP contribution in [-0.4, -0.2) is 17.4 Å². The van der Waals surface area contributed by atoms with Gasteiger partial charge in [-0.05, 0) is 49.9 Å². The van der Waals surface area contributed by atoms with Crippen LogP contribution in [0.25, 0.3) is 0 Å². The maximum absolute atomic E-state index is 12.2. The summed E-state index contributed by atoms with van der Waals surface area (Å²) in [6.45, 7) is 7.30. The molecule has 2 N–H and O–H groups in total. The lowest BCUT2D eigenvalue weighted by Crippen LogP contribution is -2.23. The van der Waals surface area contributed by atoms with Crippen molar-refractivity contribution in [3.8, 4) is 0 Å². The second kappa shape index (κ2) is 6.52. The number of amides is 1. The van der Waals surface area contributed by atoms with Crippen LogP contribution in [0.5, 0.6) is 0 Å². The molecule has 2 aromatic heterocycles. The van der Waals surface area contributed by atoms with E-state index in [-0.39, 0.29) is 5.91 Å². The van der Waals surface area contributed by atoms with Crippen molar-refractivity contribution in [2.75, 3.05) is 11.9 Å². The Morgan fingerprint density at radius 1 is 1.35 bits per heavy atom. The molecule has 0 aliphatic heterocycles. The molecule has 106 valence electrons. The zero-order valence-electron chi connectivity index (χ0n) is 12.0. The summed E-state index contributed by atoms with van der Waals surface area (Å²) in [6, 6.07) is 5.65. The summed E-state index contributed by atoms with van der Waals surface area (Å²) in [4.78, 5) is 17.7. The van der Waals surface area contributed by atoms with Crippen LogP contribution in [0.15, 0.2) is 23.6 Å². The Morgan fingerprint density at radius 2 is 2.15 bits per heavy atom. The van der Waals surface area contributed by atoms with Gasteiger partial charge in [0.2, 0.25) is 0 Å². The number of nitrogens with zero attached hydrogens (tertiary/aromatic N) is 1. The van der Waals surface area contributed by atoms with E-state index in [0.717, 1.165) is 18.1 Å². The van der Waals surface area contributed by atoms with Crippen LogP contribution in [-0.2, 0) is 6.54 Å². The molecule has 0 atom stereocenters. The Hall–Kier alpha value is -1.88. The van der Waals surface area contributed by atoms with Crippen molar-refractivity contribution in [1.29, 1.82) is 0 Å². The zero-order valence-corrected chi connectivity index (χ0v) is 12.8. The maximum atomic E-state index is 12.2. The first-order valence-electron chi connectivity index (χ1n) is 6.64. The standard InChI is InChI=1S/C15H19N3OS/c1-4-16-14-8-12(7-11(3)18-14)15(19)17-9-13-10(2)5-6-20-13/h5-8H,4,9H2,1-3H3,(H,16,18)(H,17,19). The SMILES string of the molecule is CCNc1cc(C(=O)NCc2sccc2C)cc(C)n1. The molecule has 0 aromatic carbocycles. The van der Waals surface area contributed by atoms with Gasteiger partial charge < -0.3 is 10.6 Å². The van der Waals surface area contributed by atoms with E-state index >= 15 is 0 Å². The highest BCUT2D eigenvalue weighted by Crippen LogP contribution is 2.15. The number of carbonyl (C=O) groups excluding carboxylic acids is 1. The number of rotatable bonds is 5. The molecule has 0 spiro atoms. The highest BCUT2D eigenvalue weighted by atomic mass is 32.1. The first-order chi connectivity index (χ1) is 9.60. The van der Waals surface area contributed by atoms with Crippen LogP contribution in [0.4, 0.5) is 5.82 Å². The molecule has 0 bridgehead atoms. The molecular weight excluding hydrogens is 270 g/mol. The maximum Gasteiger partial charge on any atom is 0.251 e. The van der Waals surface area contributed by atoms with Gasteiger partial charge in [0.15, 0.2) is 0 Å². The normalized spacial score (nSPS) is 10.3. The molecule has 1 amide bonds. The Balaban J connectivity index is 2.07. The molecule has 2 aromatic rings. The Labute approximate surface area is 123 Å². The molecule has 5 heteroatoms. The third-order valence-corrected chi connectivity index (χ3v) is 3.97. The summed E-state index contributed by atoms with van der Waals surface area (Å²) >= 11 is 1.66. The predicted molar refractivity (Wildman–Crippen MR) is 83.4 cm³/mol. The predicted octanol–water partition coefficient (Wildman–Crippen LogP) is 3.12. The van der Waals surface area contributed by atoms with Crippen molar-refractivity contribution in [2.45, 2.75) is 27.3 Å². The summed E-state index contributed by atoms with van der Waals surface area (Å²) in [7, 11) is 0. The molecule has 0 saturated heterocycles. The smallest absolute Gasteiger partial charge is 0.251 e.